The Hall–Kier alpha value is -3.16. The highest BCUT2D eigenvalue weighted by Crippen LogP contribution is 2.22. The van der Waals surface area contributed by atoms with Gasteiger partial charge < -0.3 is 14.5 Å². The van der Waals surface area contributed by atoms with E-state index in [0.717, 1.165) is 17.8 Å². The Bertz CT molecular complexity index is 863. The zero-order chi connectivity index (χ0) is 20.1. The van der Waals surface area contributed by atoms with Crippen molar-refractivity contribution in [1.82, 2.24) is 9.88 Å². The second-order valence-corrected chi connectivity index (χ2v) is 6.75. The molecule has 1 saturated heterocycles. The SMILES string of the molecule is CCc1cccc(OCC(=O)N2CCN(c3ncc([N+](=O)[O-])cc3C)CC2)c1. The molecule has 0 bridgehead atoms. The van der Waals surface area contributed by atoms with Gasteiger partial charge in [0.15, 0.2) is 6.61 Å². The summed E-state index contributed by atoms with van der Waals surface area (Å²) in [6, 6.07) is 9.29. The number of nitrogens with zero attached hydrogens (tertiary/aromatic N) is 4. The second kappa shape index (κ2) is 8.69. The van der Waals surface area contributed by atoms with Crippen molar-refractivity contribution in [2.75, 3.05) is 37.7 Å². The summed E-state index contributed by atoms with van der Waals surface area (Å²) >= 11 is 0. The Balaban J connectivity index is 1.53. The van der Waals surface area contributed by atoms with Crippen molar-refractivity contribution in [1.29, 1.82) is 0 Å². The quantitative estimate of drug-likeness (QED) is 0.562. The summed E-state index contributed by atoms with van der Waals surface area (Å²) in [4.78, 5) is 30.9. The molecule has 3 rings (SSSR count). The average molecular weight is 384 g/mol. The van der Waals surface area contributed by atoms with Crippen LogP contribution in [0.5, 0.6) is 5.75 Å². The molecule has 2 aromatic rings. The smallest absolute Gasteiger partial charge is 0.287 e. The predicted molar refractivity (Wildman–Crippen MR) is 106 cm³/mol. The summed E-state index contributed by atoms with van der Waals surface area (Å²) in [7, 11) is 0. The molecule has 1 amide bonds. The monoisotopic (exact) mass is 384 g/mol. The van der Waals surface area contributed by atoms with E-state index >= 15 is 0 Å². The summed E-state index contributed by atoms with van der Waals surface area (Å²) in [6.45, 7) is 6.29. The molecule has 28 heavy (non-hydrogen) atoms. The van der Waals surface area contributed by atoms with Gasteiger partial charge in [-0.1, -0.05) is 19.1 Å². The topological polar surface area (TPSA) is 88.8 Å². The molecule has 1 fully saturated rings. The Morgan fingerprint density at radius 2 is 2.00 bits per heavy atom. The summed E-state index contributed by atoms with van der Waals surface area (Å²) in [5.41, 5.74) is 1.91. The molecule has 0 N–H and O–H groups in total. The third-order valence-corrected chi connectivity index (χ3v) is 4.85. The van der Waals surface area contributed by atoms with Crippen molar-refractivity contribution < 1.29 is 14.5 Å². The number of anilines is 1. The molecule has 8 nitrogen and oxygen atoms in total. The van der Waals surface area contributed by atoms with Crippen LogP contribution in [-0.2, 0) is 11.2 Å². The molecule has 2 heterocycles. The number of nitro groups is 1. The molecular formula is C20H24N4O4. The first-order chi connectivity index (χ1) is 13.5. The number of carbonyl (C=O) groups is 1. The van der Waals surface area contributed by atoms with Crippen LogP contribution in [0.1, 0.15) is 18.1 Å². The van der Waals surface area contributed by atoms with Crippen LogP contribution in [0.2, 0.25) is 0 Å². The number of piperazine rings is 1. The molecule has 0 saturated carbocycles. The van der Waals surface area contributed by atoms with Crippen molar-refractivity contribution in [2.24, 2.45) is 0 Å². The number of aryl methyl sites for hydroxylation is 2. The maximum Gasteiger partial charge on any atom is 0.287 e. The van der Waals surface area contributed by atoms with Crippen molar-refractivity contribution in [3.63, 3.8) is 0 Å². The molecule has 8 heteroatoms. The number of rotatable bonds is 6. The molecule has 1 aliphatic heterocycles. The van der Waals surface area contributed by atoms with E-state index in [9.17, 15) is 14.9 Å². The Labute approximate surface area is 163 Å². The molecule has 1 aromatic heterocycles. The lowest BCUT2D eigenvalue weighted by molar-refractivity contribution is -0.385. The van der Waals surface area contributed by atoms with Crippen LogP contribution >= 0.6 is 0 Å². The third kappa shape index (κ3) is 4.57. The van der Waals surface area contributed by atoms with Gasteiger partial charge in [-0.3, -0.25) is 14.9 Å². The van der Waals surface area contributed by atoms with E-state index in [-0.39, 0.29) is 18.2 Å². The Morgan fingerprint density at radius 1 is 1.25 bits per heavy atom. The molecular weight excluding hydrogens is 360 g/mol. The van der Waals surface area contributed by atoms with Crippen molar-refractivity contribution in [3.05, 3.63) is 57.8 Å². The lowest BCUT2D eigenvalue weighted by Gasteiger charge is -2.35. The zero-order valence-corrected chi connectivity index (χ0v) is 16.1. The van der Waals surface area contributed by atoms with Crippen LogP contribution in [0.4, 0.5) is 11.5 Å². The van der Waals surface area contributed by atoms with Gasteiger partial charge >= 0.3 is 0 Å². The minimum absolute atomic E-state index is 0.0145. The Morgan fingerprint density at radius 3 is 2.64 bits per heavy atom. The number of hydrogen-bond acceptors (Lipinski definition) is 6. The highest BCUT2D eigenvalue weighted by atomic mass is 16.6. The van der Waals surface area contributed by atoms with Crippen LogP contribution in [-0.4, -0.2) is 53.5 Å². The van der Waals surface area contributed by atoms with Gasteiger partial charge in [0.05, 0.1) is 4.92 Å². The van der Waals surface area contributed by atoms with E-state index in [1.165, 1.54) is 17.8 Å². The minimum atomic E-state index is -0.448. The predicted octanol–water partition coefficient (Wildman–Crippen LogP) is 2.59. The van der Waals surface area contributed by atoms with Gasteiger partial charge in [-0.05, 0) is 36.6 Å². The lowest BCUT2D eigenvalue weighted by atomic mass is 10.2. The van der Waals surface area contributed by atoms with Gasteiger partial charge in [-0.2, -0.15) is 0 Å². The van der Waals surface area contributed by atoms with Gasteiger partial charge in [0.2, 0.25) is 0 Å². The first kappa shape index (κ1) is 19.6. The number of carbonyl (C=O) groups excluding carboxylic acids is 1. The Kier molecular flexibility index (Phi) is 6.08. The van der Waals surface area contributed by atoms with E-state index in [4.69, 9.17) is 4.74 Å². The first-order valence-electron chi connectivity index (χ1n) is 9.33. The van der Waals surface area contributed by atoms with Crippen molar-refractivity contribution in [2.45, 2.75) is 20.3 Å². The van der Waals surface area contributed by atoms with E-state index in [2.05, 4.69) is 16.8 Å². The summed E-state index contributed by atoms with van der Waals surface area (Å²) in [5, 5.41) is 10.9. The summed E-state index contributed by atoms with van der Waals surface area (Å²) in [6.07, 6.45) is 2.20. The maximum atomic E-state index is 12.4. The van der Waals surface area contributed by atoms with Gasteiger partial charge in [0, 0.05) is 32.2 Å². The van der Waals surface area contributed by atoms with Gasteiger partial charge in [0.1, 0.15) is 17.8 Å². The van der Waals surface area contributed by atoms with Crippen LogP contribution in [0.3, 0.4) is 0 Å². The van der Waals surface area contributed by atoms with Gasteiger partial charge in [0.25, 0.3) is 11.6 Å². The molecule has 148 valence electrons. The van der Waals surface area contributed by atoms with Crippen LogP contribution in [0.15, 0.2) is 36.5 Å². The second-order valence-electron chi connectivity index (χ2n) is 6.75. The van der Waals surface area contributed by atoms with E-state index in [1.54, 1.807) is 4.90 Å². The zero-order valence-electron chi connectivity index (χ0n) is 16.1. The van der Waals surface area contributed by atoms with E-state index < -0.39 is 4.92 Å². The van der Waals surface area contributed by atoms with Crippen LogP contribution in [0.25, 0.3) is 0 Å². The molecule has 0 unspecified atom stereocenters. The normalized spacial score (nSPS) is 14.1. The lowest BCUT2D eigenvalue weighted by Crippen LogP contribution is -2.50. The minimum Gasteiger partial charge on any atom is -0.484 e. The van der Waals surface area contributed by atoms with Crippen LogP contribution in [0, 0.1) is 17.0 Å². The molecule has 1 aliphatic rings. The largest absolute Gasteiger partial charge is 0.484 e. The number of amides is 1. The number of ether oxygens (including phenoxy) is 1. The third-order valence-electron chi connectivity index (χ3n) is 4.85. The molecule has 1 aromatic carbocycles. The molecule has 0 aliphatic carbocycles. The highest BCUT2D eigenvalue weighted by Gasteiger charge is 2.24. The molecule has 0 atom stereocenters. The summed E-state index contributed by atoms with van der Waals surface area (Å²) < 4.78 is 5.65. The highest BCUT2D eigenvalue weighted by molar-refractivity contribution is 5.78. The van der Waals surface area contributed by atoms with Gasteiger partial charge in [-0.15, -0.1) is 0 Å². The van der Waals surface area contributed by atoms with E-state index in [1.807, 2.05) is 31.2 Å². The van der Waals surface area contributed by atoms with E-state index in [0.29, 0.717) is 31.9 Å². The fourth-order valence-electron chi connectivity index (χ4n) is 3.24. The number of hydrogen-bond donors (Lipinski definition) is 0. The molecule has 0 spiro atoms. The fraction of sp³-hybridized carbons (Fsp3) is 0.400. The van der Waals surface area contributed by atoms with Crippen molar-refractivity contribution >= 4 is 17.4 Å². The maximum absolute atomic E-state index is 12.4. The first-order valence-corrected chi connectivity index (χ1v) is 9.33. The molecule has 0 radical (unpaired) electrons. The number of pyridine rings is 1. The summed E-state index contributed by atoms with van der Waals surface area (Å²) in [5.74, 6) is 1.39. The number of aromatic nitrogens is 1. The standard InChI is InChI=1S/C20H24N4O4/c1-3-16-5-4-6-18(12-16)28-14-19(25)22-7-9-23(10-8-22)20-15(2)11-17(13-21-20)24(26)27/h4-6,11-13H,3,7-10,14H2,1-2H3. The fourth-order valence-corrected chi connectivity index (χ4v) is 3.24. The van der Waals surface area contributed by atoms with Crippen molar-refractivity contribution in [3.8, 4) is 5.75 Å². The number of benzene rings is 1. The van der Waals surface area contributed by atoms with Gasteiger partial charge in [-0.25, -0.2) is 4.98 Å². The van der Waals surface area contributed by atoms with Crippen LogP contribution < -0.4 is 9.64 Å². The average Bonchev–Trinajstić information content (AvgIpc) is 2.72.